The maximum atomic E-state index is 12.0. The molecule has 1 aromatic rings. The molecule has 0 unspecified atom stereocenters. The molecule has 0 aliphatic rings. The molecule has 0 fully saturated rings. The summed E-state index contributed by atoms with van der Waals surface area (Å²) in [6.07, 6.45) is 1.02. The van der Waals surface area contributed by atoms with Crippen LogP contribution < -0.4 is 11.3 Å². The molecule has 0 aromatic carbocycles. The lowest BCUT2D eigenvalue weighted by Gasteiger charge is -2.14. The van der Waals surface area contributed by atoms with Crippen molar-refractivity contribution < 1.29 is 18.3 Å². The quantitative estimate of drug-likeness (QED) is 0.760. The average molecular weight is 288 g/mol. The van der Waals surface area contributed by atoms with Gasteiger partial charge in [-0.2, -0.15) is 0 Å². The summed E-state index contributed by atoms with van der Waals surface area (Å²) < 4.78 is 23.1. The van der Waals surface area contributed by atoms with Gasteiger partial charge in [0.05, 0.1) is 5.75 Å². The molecular weight excluding hydrogens is 272 g/mol. The summed E-state index contributed by atoms with van der Waals surface area (Å²) >= 11 is 0. The summed E-state index contributed by atoms with van der Waals surface area (Å²) in [5.41, 5.74) is 5.00. The Morgan fingerprint density at radius 1 is 1.32 bits per heavy atom. The number of hydrogen-bond acceptors (Lipinski definition) is 5. The minimum absolute atomic E-state index is 0.161. The van der Waals surface area contributed by atoms with Crippen LogP contribution in [0, 0.1) is 13.8 Å². The monoisotopic (exact) mass is 288 g/mol. The van der Waals surface area contributed by atoms with E-state index in [0.717, 1.165) is 10.8 Å². The van der Waals surface area contributed by atoms with Crippen molar-refractivity contribution in [3.8, 4) is 5.88 Å². The Labute approximate surface area is 110 Å². The fraction of sp³-hybridized carbons (Fsp3) is 0.455. The standard InChI is InChI=1S/C11H16N2O5S/c1-6-7(2)10(15)13(4-5-19(3,17)18)11(16)8(6)9(12)14/h16H,4-5H2,1-3H3,(H2,12,14). The highest BCUT2D eigenvalue weighted by Crippen LogP contribution is 2.20. The third kappa shape index (κ3) is 3.14. The summed E-state index contributed by atoms with van der Waals surface area (Å²) in [7, 11) is -3.30. The van der Waals surface area contributed by atoms with Gasteiger partial charge in [0.1, 0.15) is 15.4 Å². The number of hydrogen-bond donors (Lipinski definition) is 2. The number of carbonyl (C=O) groups excluding carboxylic acids is 1. The van der Waals surface area contributed by atoms with Gasteiger partial charge < -0.3 is 10.8 Å². The molecule has 1 heterocycles. The smallest absolute Gasteiger partial charge is 0.256 e. The fourth-order valence-corrected chi connectivity index (χ4v) is 2.22. The van der Waals surface area contributed by atoms with Crippen molar-refractivity contribution in [2.24, 2.45) is 5.73 Å². The molecule has 106 valence electrons. The number of nitrogens with zero attached hydrogens (tertiary/aromatic N) is 1. The highest BCUT2D eigenvalue weighted by Gasteiger charge is 2.20. The zero-order chi connectivity index (χ0) is 15.0. The molecular formula is C11H16N2O5S. The minimum atomic E-state index is -3.30. The van der Waals surface area contributed by atoms with E-state index in [1.807, 2.05) is 0 Å². The highest BCUT2D eigenvalue weighted by molar-refractivity contribution is 7.90. The van der Waals surface area contributed by atoms with Crippen LogP contribution in [0.4, 0.5) is 0 Å². The molecule has 0 aliphatic heterocycles. The van der Waals surface area contributed by atoms with E-state index in [-0.39, 0.29) is 23.4 Å². The number of pyridine rings is 1. The van der Waals surface area contributed by atoms with Crippen molar-refractivity contribution in [1.82, 2.24) is 4.57 Å². The van der Waals surface area contributed by atoms with E-state index in [2.05, 4.69) is 0 Å². The van der Waals surface area contributed by atoms with Crippen molar-refractivity contribution >= 4 is 15.7 Å². The van der Waals surface area contributed by atoms with Crippen LogP contribution in [0.15, 0.2) is 4.79 Å². The summed E-state index contributed by atoms with van der Waals surface area (Å²) in [5.74, 6) is -1.78. The Bertz CT molecular complexity index is 688. The molecule has 0 saturated carbocycles. The van der Waals surface area contributed by atoms with Crippen LogP contribution in [-0.4, -0.2) is 36.0 Å². The van der Waals surface area contributed by atoms with Gasteiger partial charge in [0.2, 0.25) is 5.88 Å². The second-order valence-corrected chi connectivity index (χ2v) is 6.66. The number of amides is 1. The van der Waals surface area contributed by atoms with Gasteiger partial charge in [0, 0.05) is 18.4 Å². The van der Waals surface area contributed by atoms with Crippen LogP contribution >= 0.6 is 0 Å². The first kappa shape index (κ1) is 15.2. The average Bonchev–Trinajstić information content (AvgIpc) is 2.24. The first-order chi connectivity index (χ1) is 8.56. The fourth-order valence-electron chi connectivity index (χ4n) is 1.71. The molecule has 0 radical (unpaired) electrons. The second-order valence-electron chi connectivity index (χ2n) is 4.40. The Kier molecular flexibility index (Phi) is 4.04. The van der Waals surface area contributed by atoms with Gasteiger partial charge in [0.25, 0.3) is 11.5 Å². The lowest BCUT2D eigenvalue weighted by Crippen LogP contribution is -2.29. The first-order valence-corrected chi connectivity index (χ1v) is 7.52. The van der Waals surface area contributed by atoms with E-state index >= 15 is 0 Å². The molecule has 0 bridgehead atoms. The maximum absolute atomic E-state index is 12.0. The lowest BCUT2D eigenvalue weighted by atomic mass is 10.1. The summed E-state index contributed by atoms with van der Waals surface area (Å²) in [5, 5.41) is 9.91. The molecule has 19 heavy (non-hydrogen) atoms. The molecule has 0 saturated heterocycles. The Morgan fingerprint density at radius 2 is 1.84 bits per heavy atom. The number of rotatable bonds is 4. The third-order valence-corrected chi connectivity index (χ3v) is 3.84. The van der Waals surface area contributed by atoms with Crippen molar-refractivity contribution in [2.45, 2.75) is 20.4 Å². The van der Waals surface area contributed by atoms with Gasteiger partial charge in [0.15, 0.2) is 0 Å². The zero-order valence-electron chi connectivity index (χ0n) is 10.9. The van der Waals surface area contributed by atoms with E-state index in [9.17, 15) is 23.1 Å². The normalized spacial score (nSPS) is 11.5. The molecule has 1 amide bonds. The van der Waals surface area contributed by atoms with Gasteiger partial charge in [-0.15, -0.1) is 0 Å². The summed E-state index contributed by atoms with van der Waals surface area (Å²) in [6.45, 7) is 2.75. The number of carbonyl (C=O) groups is 1. The van der Waals surface area contributed by atoms with Crippen LogP contribution in [0.3, 0.4) is 0 Å². The summed E-state index contributed by atoms with van der Waals surface area (Å²) in [6, 6.07) is 0. The van der Waals surface area contributed by atoms with Gasteiger partial charge in [-0.3, -0.25) is 14.2 Å². The van der Waals surface area contributed by atoms with Crippen molar-refractivity contribution in [1.29, 1.82) is 0 Å². The van der Waals surface area contributed by atoms with E-state index < -0.39 is 27.2 Å². The van der Waals surface area contributed by atoms with E-state index in [1.54, 1.807) is 0 Å². The summed E-state index contributed by atoms with van der Waals surface area (Å²) in [4.78, 5) is 23.2. The molecule has 1 aromatic heterocycles. The van der Waals surface area contributed by atoms with Gasteiger partial charge in [-0.05, 0) is 19.4 Å². The van der Waals surface area contributed by atoms with Crippen molar-refractivity contribution in [3.05, 3.63) is 27.0 Å². The number of aromatic nitrogens is 1. The Hall–Kier alpha value is -1.83. The van der Waals surface area contributed by atoms with Crippen LogP contribution in [0.1, 0.15) is 21.5 Å². The van der Waals surface area contributed by atoms with Gasteiger partial charge >= 0.3 is 0 Å². The lowest BCUT2D eigenvalue weighted by molar-refractivity contribution is 0.0995. The van der Waals surface area contributed by atoms with Crippen molar-refractivity contribution in [2.75, 3.05) is 12.0 Å². The van der Waals surface area contributed by atoms with Crippen LogP contribution in [0.25, 0.3) is 0 Å². The number of sulfone groups is 1. The number of aromatic hydroxyl groups is 1. The topological polar surface area (TPSA) is 119 Å². The van der Waals surface area contributed by atoms with E-state index in [0.29, 0.717) is 5.56 Å². The van der Waals surface area contributed by atoms with Crippen LogP contribution in [0.2, 0.25) is 0 Å². The molecule has 3 N–H and O–H groups in total. The largest absolute Gasteiger partial charge is 0.494 e. The highest BCUT2D eigenvalue weighted by atomic mass is 32.2. The van der Waals surface area contributed by atoms with Crippen molar-refractivity contribution in [3.63, 3.8) is 0 Å². The Balaban J connectivity index is 3.49. The molecule has 8 heteroatoms. The molecule has 0 spiro atoms. The first-order valence-electron chi connectivity index (χ1n) is 5.46. The SMILES string of the molecule is Cc1c(C(N)=O)c(O)n(CCS(C)(=O)=O)c(=O)c1C. The molecule has 1 rings (SSSR count). The second kappa shape index (κ2) is 5.04. The molecule has 0 aliphatic carbocycles. The molecule has 7 nitrogen and oxygen atoms in total. The van der Waals surface area contributed by atoms with Crippen LogP contribution in [0.5, 0.6) is 5.88 Å². The number of primary amides is 1. The maximum Gasteiger partial charge on any atom is 0.256 e. The van der Waals surface area contributed by atoms with Crippen LogP contribution in [-0.2, 0) is 16.4 Å². The van der Waals surface area contributed by atoms with E-state index in [1.165, 1.54) is 13.8 Å². The predicted molar refractivity (Wildman–Crippen MR) is 70.1 cm³/mol. The van der Waals surface area contributed by atoms with Gasteiger partial charge in [-0.25, -0.2) is 8.42 Å². The minimum Gasteiger partial charge on any atom is -0.494 e. The zero-order valence-corrected chi connectivity index (χ0v) is 11.7. The third-order valence-electron chi connectivity index (χ3n) is 2.91. The number of nitrogens with two attached hydrogens (primary N) is 1. The Morgan fingerprint density at radius 3 is 2.26 bits per heavy atom. The van der Waals surface area contributed by atoms with E-state index in [4.69, 9.17) is 5.73 Å². The van der Waals surface area contributed by atoms with Gasteiger partial charge in [-0.1, -0.05) is 0 Å². The molecule has 0 atom stereocenters. The predicted octanol–water partition coefficient (Wildman–Crippen LogP) is -0.686.